The number of benzene rings is 2. The summed E-state index contributed by atoms with van der Waals surface area (Å²) in [6, 6.07) is 9.46. The van der Waals surface area contributed by atoms with E-state index >= 15 is 0 Å². The molecule has 4 rings (SSSR count). The Morgan fingerprint density at radius 1 is 1.07 bits per heavy atom. The van der Waals surface area contributed by atoms with Crippen molar-refractivity contribution in [2.24, 2.45) is 0 Å². The smallest absolute Gasteiger partial charge is 0.407 e. The van der Waals surface area contributed by atoms with Gasteiger partial charge < -0.3 is 20.5 Å². The SMILES string of the molecule is CC(C)(C)OC(=O)NCc1cc(C(=O)O)ccc1NC(=O)CCN1C(=O)/C(=C/c2cc(-c3ccc(F)c(F)c3)cs2)SC1=S. The number of thioether (sulfide) groups is 1. The first-order chi connectivity index (χ1) is 20.7. The molecule has 0 saturated carbocycles. The number of carboxylic acid groups (broad SMARTS) is 1. The van der Waals surface area contributed by atoms with Crippen LogP contribution in [0.25, 0.3) is 17.2 Å². The lowest BCUT2D eigenvalue weighted by Gasteiger charge is -2.20. The molecular weight excluding hydrogens is 633 g/mol. The van der Waals surface area contributed by atoms with E-state index in [2.05, 4.69) is 10.6 Å². The first kappa shape index (κ1) is 32.8. The van der Waals surface area contributed by atoms with Crippen molar-refractivity contribution in [3.8, 4) is 11.1 Å². The standard InChI is InChI=1S/C30H27F2N3O6S3/c1-30(2,3)41-28(40)33-14-18-10-17(27(38)39)5-7-23(18)34-25(36)8-9-35-26(37)24(44-29(35)42)13-20-11-19(15-43-20)16-4-6-21(31)22(32)12-16/h4-7,10-13,15H,8-9,14H2,1-3H3,(H,33,40)(H,34,36)(H,38,39)/b24-13-. The number of hydrogen-bond acceptors (Lipinski definition) is 8. The molecule has 1 saturated heterocycles. The van der Waals surface area contributed by atoms with Gasteiger partial charge in [0.15, 0.2) is 11.6 Å². The molecule has 1 aliphatic heterocycles. The molecule has 2 aromatic carbocycles. The van der Waals surface area contributed by atoms with Gasteiger partial charge in [-0.25, -0.2) is 18.4 Å². The normalized spacial score (nSPS) is 14.2. The topological polar surface area (TPSA) is 125 Å². The van der Waals surface area contributed by atoms with Crippen LogP contribution in [0.3, 0.4) is 0 Å². The Balaban J connectivity index is 1.39. The highest BCUT2D eigenvalue weighted by Gasteiger charge is 2.32. The van der Waals surface area contributed by atoms with Crippen LogP contribution in [-0.2, 0) is 20.9 Å². The monoisotopic (exact) mass is 659 g/mol. The quantitative estimate of drug-likeness (QED) is 0.172. The number of thiocarbonyl (C=S) groups is 1. The summed E-state index contributed by atoms with van der Waals surface area (Å²) in [7, 11) is 0. The average molecular weight is 660 g/mol. The second-order valence-electron chi connectivity index (χ2n) is 10.5. The van der Waals surface area contributed by atoms with Crippen LogP contribution in [0.2, 0.25) is 0 Å². The molecular formula is C30H27F2N3O6S3. The zero-order chi connectivity index (χ0) is 32.2. The van der Waals surface area contributed by atoms with Crippen LogP contribution in [0, 0.1) is 11.6 Å². The van der Waals surface area contributed by atoms with E-state index in [-0.39, 0.29) is 41.0 Å². The molecule has 0 spiro atoms. The molecule has 230 valence electrons. The van der Waals surface area contributed by atoms with Gasteiger partial charge in [-0.05, 0) is 85.3 Å². The Morgan fingerprint density at radius 2 is 1.82 bits per heavy atom. The summed E-state index contributed by atoms with van der Waals surface area (Å²) < 4.78 is 32.4. The maximum Gasteiger partial charge on any atom is 0.407 e. The largest absolute Gasteiger partial charge is 0.478 e. The molecule has 0 unspecified atom stereocenters. The first-order valence-corrected chi connectivity index (χ1v) is 15.2. The number of carboxylic acids is 1. The Hall–Kier alpha value is -4.14. The summed E-state index contributed by atoms with van der Waals surface area (Å²) in [4.78, 5) is 51.9. The summed E-state index contributed by atoms with van der Waals surface area (Å²) >= 11 is 7.78. The summed E-state index contributed by atoms with van der Waals surface area (Å²) in [6.07, 6.45) is 0.834. The van der Waals surface area contributed by atoms with Crippen molar-refractivity contribution in [1.82, 2.24) is 10.2 Å². The molecule has 0 atom stereocenters. The second kappa shape index (κ2) is 13.7. The predicted octanol–water partition coefficient (Wildman–Crippen LogP) is 6.65. The molecule has 1 aliphatic rings. The molecule has 3 amide bonds. The fraction of sp³-hybridized carbons (Fsp3) is 0.233. The maximum absolute atomic E-state index is 13.6. The number of thiophene rings is 1. The van der Waals surface area contributed by atoms with E-state index in [0.717, 1.165) is 23.9 Å². The van der Waals surface area contributed by atoms with Crippen LogP contribution in [0.4, 0.5) is 19.3 Å². The number of aromatic carboxylic acids is 1. The number of hydrogen-bond donors (Lipinski definition) is 3. The number of halogens is 2. The second-order valence-corrected chi connectivity index (χ2v) is 13.1. The third kappa shape index (κ3) is 8.49. The summed E-state index contributed by atoms with van der Waals surface area (Å²) in [5.41, 5.74) is 1.04. The number of carbonyl (C=O) groups excluding carboxylic acids is 3. The average Bonchev–Trinajstić information content (AvgIpc) is 3.51. The van der Waals surface area contributed by atoms with Crippen molar-refractivity contribution in [2.75, 3.05) is 11.9 Å². The van der Waals surface area contributed by atoms with E-state index in [1.807, 2.05) is 0 Å². The third-order valence-electron chi connectivity index (χ3n) is 6.03. The number of anilines is 1. The van der Waals surface area contributed by atoms with Gasteiger partial charge in [-0.3, -0.25) is 14.5 Å². The molecule has 1 aromatic heterocycles. The van der Waals surface area contributed by atoms with Gasteiger partial charge >= 0.3 is 12.1 Å². The minimum atomic E-state index is -1.17. The van der Waals surface area contributed by atoms with Gasteiger partial charge in [0.25, 0.3) is 5.91 Å². The van der Waals surface area contributed by atoms with Gasteiger partial charge in [-0.2, -0.15) is 0 Å². The van der Waals surface area contributed by atoms with Crippen molar-refractivity contribution < 1.29 is 37.8 Å². The lowest BCUT2D eigenvalue weighted by atomic mass is 10.1. The van der Waals surface area contributed by atoms with Gasteiger partial charge in [0.2, 0.25) is 5.91 Å². The minimum absolute atomic E-state index is 0.00289. The van der Waals surface area contributed by atoms with Crippen molar-refractivity contribution in [1.29, 1.82) is 0 Å². The number of carbonyl (C=O) groups is 4. The Bertz CT molecular complexity index is 1680. The van der Waals surface area contributed by atoms with Crippen LogP contribution in [0.1, 0.15) is 48.0 Å². The van der Waals surface area contributed by atoms with Crippen LogP contribution in [0.5, 0.6) is 0 Å². The zero-order valence-corrected chi connectivity index (χ0v) is 26.2. The number of nitrogens with one attached hydrogen (secondary N) is 2. The van der Waals surface area contributed by atoms with Gasteiger partial charge in [-0.15, -0.1) is 11.3 Å². The Kier molecular flexibility index (Phi) is 10.2. The number of nitrogens with zero attached hydrogens (tertiary/aromatic N) is 1. The number of ether oxygens (including phenoxy) is 1. The molecule has 0 aliphatic carbocycles. The Morgan fingerprint density at radius 3 is 2.50 bits per heavy atom. The highest BCUT2D eigenvalue weighted by molar-refractivity contribution is 8.26. The van der Waals surface area contributed by atoms with Crippen LogP contribution >= 0.6 is 35.3 Å². The molecule has 1 fully saturated rings. The lowest BCUT2D eigenvalue weighted by Crippen LogP contribution is -2.33. The molecule has 3 aromatic rings. The summed E-state index contributed by atoms with van der Waals surface area (Å²) in [6.45, 7) is 5.00. The number of alkyl carbamates (subject to hydrolysis) is 1. The van der Waals surface area contributed by atoms with Crippen LogP contribution in [0.15, 0.2) is 52.7 Å². The van der Waals surface area contributed by atoms with E-state index in [9.17, 15) is 33.1 Å². The molecule has 0 radical (unpaired) electrons. The van der Waals surface area contributed by atoms with E-state index in [0.29, 0.717) is 26.5 Å². The number of amides is 3. The van der Waals surface area contributed by atoms with Gasteiger partial charge in [-0.1, -0.05) is 30.0 Å². The molecule has 14 heteroatoms. The maximum atomic E-state index is 13.6. The van der Waals surface area contributed by atoms with Crippen molar-refractivity contribution >= 4 is 75.3 Å². The van der Waals surface area contributed by atoms with Gasteiger partial charge in [0.1, 0.15) is 9.92 Å². The fourth-order valence-electron chi connectivity index (χ4n) is 3.98. The highest BCUT2D eigenvalue weighted by Crippen LogP contribution is 2.35. The highest BCUT2D eigenvalue weighted by atomic mass is 32.2. The molecule has 44 heavy (non-hydrogen) atoms. The predicted molar refractivity (Wildman–Crippen MR) is 169 cm³/mol. The lowest BCUT2D eigenvalue weighted by molar-refractivity contribution is -0.122. The Labute approximate surface area is 265 Å². The minimum Gasteiger partial charge on any atom is -0.478 e. The van der Waals surface area contributed by atoms with E-state index < -0.39 is 35.2 Å². The third-order valence-corrected chi connectivity index (χ3v) is 8.29. The van der Waals surface area contributed by atoms with E-state index in [1.165, 1.54) is 40.5 Å². The van der Waals surface area contributed by atoms with E-state index in [4.69, 9.17) is 17.0 Å². The van der Waals surface area contributed by atoms with Gasteiger partial charge in [0.05, 0.1) is 10.5 Å². The fourth-order valence-corrected chi connectivity index (χ4v) is 6.20. The van der Waals surface area contributed by atoms with Crippen molar-refractivity contribution in [3.63, 3.8) is 0 Å². The molecule has 9 nitrogen and oxygen atoms in total. The zero-order valence-electron chi connectivity index (χ0n) is 23.7. The van der Waals surface area contributed by atoms with Crippen molar-refractivity contribution in [2.45, 2.75) is 39.3 Å². The summed E-state index contributed by atoms with van der Waals surface area (Å²) in [5.74, 6) is -3.89. The number of rotatable bonds is 9. The van der Waals surface area contributed by atoms with Crippen molar-refractivity contribution in [3.05, 3.63) is 80.4 Å². The van der Waals surface area contributed by atoms with Crippen LogP contribution in [-0.4, -0.2) is 50.3 Å². The molecule has 2 heterocycles. The van der Waals surface area contributed by atoms with Crippen LogP contribution < -0.4 is 10.6 Å². The van der Waals surface area contributed by atoms with Gasteiger partial charge in [0, 0.05) is 30.1 Å². The van der Waals surface area contributed by atoms with E-state index in [1.54, 1.807) is 38.3 Å². The summed E-state index contributed by atoms with van der Waals surface area (Å²) in [5, 5.41) is 16.4. The molecule has 3 N–H and O–H groups in total. The molecule has 0 bridgehead atoms. The first-order valence-electron chi connectivity index (χ1n) is 13.1.